The monoisotopic (exact) mass is 278 g/mol. The lowest BCUT2D eigenvalue weighted by Gasteiger charge is -2.17. The molecule has 2 unspecified atom stereocenters. The Labute approximate surface area is 120 Å². The SMILES string of the molecule is COc1cc(CN(C)CC2CC2C)ccc1C(N)=S. The van der Waals surface area contributed by atoms with Crippen molar-refractivity contribution in [2.45, 2.75) is 19.9 Å². The molecule has 1 aliphatic carbocycles. The van der Waals surface area contributed by atoms with Crippen LogP contribution in [0.5, 0.6) is 5.75 Å². The highest BCUT2D eigenvalue weighted by atomic mass is 32.1. The van der Waals surface area contributed by atoms with Gasteiger partial charge < -0.3 is 15.4 Å². The Morgan fingerprint density at radius 3 is 2.74 bits per heavy atom. The van der Waals surface area contributed by atoms with Crippen LogP contribution in [-0.4, -0.2) is 30.6 Å². The summed E-state index contributed by atoms with van der Waals surface area (Å²) < 4.78 is 5.35. The highest BCUT2D eigenvalue weighted by Gasteiger charge is 2.32. The molecule has 19 heavy (non-hydrogen) atoms. The van der Waals surface area contributed by atoms with Gasteiger partial charge in [-0.15, -0.1) is 0 Å². The predicted octanol–water partition coefficient (Wildman–Crippen LogP) is 2.42. The molecular weight excluding hydrogens is 256 g/mol. The first-order chi connectivity index (χ1) is 9.01. The van der Waals surface area contributed by atoms with Gasteiger partial charge >= 0.3 is 0 Å². The van der Waals surface area contributed by atoms with Crippen molar-refractivity contribution in [3.05, 3.63) is 29.3 Å². The highest BCUT2D eigenvalue weighted by molar-refractivity contribution is 7.80. The molecule has 0 heterocycles. The summed E-state index contributed by atoms with van der Waals surface area (Å²) in [6.45, 7) is 4.41. The van der Waals surface area contributed by atoms with E-state index in [2.05, 4.69) is 24.9 Å². The Balaban J connectivity index is 2.02. The van der Waals surface area contributed by atoms with E-state index < -0.39 is 0 Å². The Morgan fingerprint density at radius 2 is 2.21 bits per heavy atom. The van der Waals surface area contributed by atoms with Gasteiger partial charge in [0.25, 0.3) is 0 Å². The fourth-order valence-corrected chi connectivity index (χ4v) is 2.64. The predicted molar refractivity (Wildman–Crippen MR) is 82.5 cm³/mol. The van der Waals surface area contributed by atoms with E-state index in [-0.39, 0.29) is 0 Å². The summed E-state index contributed by atoms with van der Waals surface area (Å²) in [5, 5.41) is 0. The lowest BCUT2D eigenvalue weighted by atomic mass is 10.1. The fourth-order valence-electron chi connectivity index (χ4n) is 2.47. The molecule has 0 saturated heterocycles. The van der Waals surface area contributed by atoms with E-state index in [9.17, 15) is 0 Å². The van der Waals surface area contributed by atoms with Crippen molar-refractivity contribution in [1.82, 2.24) is 4.90 Å². The van der Waals surface area contributed by atoms with Gasteiger partial charge in [0.15, 0.2) is 0 Å². The van der Waals surface area contributed by atoms with E-state index in [1.165, 1.54) is 18.5 Å². The lowest BCUT2D eigenvalue weighted by Crippen LogP contribution is -2.21. The molecule has 0 amide bonds. The van der Waals surface area contributed by atoms with Gasteiger partial charge in [0.05, 0.1) is 12.7 Å². The van der Waals surface area contributed by atoms with Gasteiger partial charge in [-0.1, -0.05) is 25.2 Å². The van der Waals surface area contributed by atoms with Crippen molar-refractivity contribution in [1.29, 1.82) is 0 Å². The van der Waals surface area contributed by atoms with Gasteiger partial charge in [-0.25, -0.2) is 0 Å². The average Bonchev–Trinajstić information content (AvgIpc) is 3.03. The summed E-state index contributed by atoms with van der Waals surface area (Å²) in [6, 6.07) is 6.05. The molecular formula is C15H22N2OS. The van der Waals surface area contributed by atoms with Crippen LogP contribution in [0.1, 0.15) is 24.5 Å². The number of methoxy groups -OCH3 is 1. The molecule has 0 spiro atoms. The molecule has 0 aromatic heterocycles. The van der Waals surface area contributed by atoms with E-state index in [0.717, 1.165) is 29.7 Å². The van der Waals surface area contributed by atoms with Crippen molar-refractivity contribution in [3.63, 3.8) is 0 Å². The molecule has 1 aliphatic rings. The van der Waals surface area contributed by atoms with Gasteiger partial charge in [0.1, 0.15) is 10.7 Å². The Kier molecular flexibility index (Phi) is 4.42. The smallest absolute Gasteiger partial charge is 0.129 e. The first kappa shape index (κ1) is 14.3. The molecule has 0 bridgehead atoms. The van der Waals surface area contributed by atoms with Crippen molar-refractivity contribution in [2.24, 2.45) is 17.6 Å². The number of hydrogen-bond acceptors (Lipinski definition) is 3. The summed E-state index contributed by atoms with van der Waals surface area (Å²) in [5.74, 6) is 2.54. The van der Waals surface area contributed by atoms with Crippen LogP contribution in [0.3, 0.4) is 0 Å². The molecule has 1 aromatic carbocycles. The van der Waals surface area contributed by atoms with Crippen LogP contribution in [0.2, 0.25) is 0 Å². The molecule has 1 fully saturated rings. The lowest BCUT2D eigenvalue weighted by molar-refractivity contribution is 0.307. The zero-order valence-electron chi connectivity index (χ0n) is 11.8. The zero-order valence-corrected chi connectivity index (χ0v) is 12.7. The maximum Gasteiger partial charge on any atom is 0.129 e. The standard InChI is InChI=1S/C15H22N2OS/c1-10-6-12(10)9-17(2)8-11-4-5-13(15(16)19)14(7-11)18-3/h4-5,7,10,12H,6,8-9H2,1-3H3,(H2,16,19). The number of thiocarbonyl (C=S) groups is 1. The normalized spacial score (nSPS) is 21.5. The number of nitrogens with zero attached hydrogens (tertiary/aromatic N) is 1. The van der Waals surface area contributed by atoms with Crippen molar-refractivity contribution >= 4 is 17.2 Å². The first-order valence-corrected chi connectivity index (χ1v) is 7.07. The van der Waals surface area contributed by atoms with Gasteiger partial charge in [-0.05, 0) is 43.0 Å². The zero-order chi connectivity index (χ0) is 14.0. The number of nitrogens with two attached hydrogens (primary N) is 1. The maximum atomic E-state index is 5.67. The van der Waals surface area contributed by atoms with Gasteiger partial charge in [0, 0.05) is 13.1 Å². The van der Waals surface area contributed by atoms with E-state index in [4.69, 9.17) is 22.7 Å². The second-order valence-corrected chi connectivity index (χ2v) is 6.01. The third kappa shape index (κ3) is 3.67. The maximum absolute atomic E-state index is 5.67. The molecule has 1 aromatic rings. The summed E-state index contributed by atoms with van der Waals surface area (Å²) in [5.41, 5.74) is 7.71. The summed E-state index contributed by atoms with van der Waals surface area (Å²) >= 11 is 5.01. The molecule has 2 N–H and O–H groups in total. The van der Waals surface area contributed by atoms with Crippen LogP contribution in [-0.2, 0) is 6.54 Å². The van der Waals surface area contributed by atoms with Crippen LogP contribution in [0.15, 0.2) is 18.2 Å². The quantitative estimate of drug-likeness (QED) is 0.811. The number of ether oxygens (including phenoxy) is 1. The topological polar surface area (TPSA) is 38.5 Å². The minimum atomic E-state index is 0.378. The molecule has 0 aliphatic heterocycles. The molecule has 104 valence electrons. The largest absolute Gasteiger partial charge is 0.496 e. The number of benzene rings is 1. The second kappa shape index (κ2) is 5.88. The van der Waals surface area contributed by atoms with Crippen molar-refractivity contribution in [3.8, 4) is 5.75 Å². The van der Waals surface area contributed by atoms with Gasteiger partial charge in [-0.3, -0.25) is 0 Å². The van der Waals surface area contributed by atoms with Crippen LogP contribution in [0, 0.1) is 11.8 Å². The Bertz CT molecular complexity index is 475. The highest BCUT2D eigenvalue weighted by Crippen LogP contribution is 2.38. The van der Waals surface area contributed by atoms with Gasteiger partial charge in [0.2, 0.25) is 0 Å². The second-order valence-electron chi connectivity index (χ2n) is 5.57. The number of hydrogen-bond donors (Lipinski definition) is 1. The van der Waals surface area contributed by atoms with Crippen LogP contribution in [0.25, 0.3) is 0 Å². The van der Waals surface area contributed by atoms with Crippen molar-refractivity contribution < 1.29 is 4.74 Å². The molecule has 1 saturated carbocycles. The first-order valence-electron chi connectivity index (χ1n) is 6.66. The molecule has 2 rings (SSSR count). The Hall–Kier alpha value is -1.13. The third-order valence-corrected chi connectivity index (χ3v) is 4.03. The van der Waals surface area contributed by atoms with E-state index in [1.54, 1.807) is 7.11 Å². The van der Waals surface area contributed by atoms with Crippen molar-refractivity contribution in [2.75, 3.05) is 20.7 Å². The molecule has 0 radical (unpaired) electrons. The summed E-state index contributed by atoms with van der Waals surface area (Å²) in [6.07, 6.45) is 1.37. The van der Waals surface area contributed by atoms with Crippen LogP contribution in [0.4, 0.5) is 0 Å². The minimum absolute atomic E-state index is 0.378. The van der Waals surface area contributed by atoms with Crippen LogP contribution < -0.4 is 10.5 Å². The fraction of sp³-hybridized carbons (Fsp3) is 0.533. The average molecular weight is 278 g/mol. The summed E-state index contributed by atoms with van der Waals surface area (Å²) in [7, 11) is 3.81. The number of rotatable bonds is 6. The molecule has 4 heteroatoms. The van der Waals surface area contributed by atoms with E-state index >= 15 is 0 Å². The Morgan fingerprint density at radius 1 is 1.53 bits per heavy atom. The molecule has 3 nitrogen and oxygen atoms in total. The van der Waals surface area contributed by atoms with Gasteiger partial charge in [-0.2, -0.15) is 0 Å². The van der Waals surface area contributed by atoms with Crippen LogP contribution >= 0.6 is 12.2 Å². The third-order valence-electron chi connectivity index (χ3n) is 3.81. The van der Waals surface area contributed by atoms with E-state index in [0.29, 0.717) is 4.99 Å². The van der Waals surface area contributed by atoms with E-state index in [1.807, 2.05) is 12.1 Å². The minimum Gasteiger partial charge on any atom is -0.496 e. The summed E-state index contributed by atoms with van der Waals surface area (Å²) in [4.78, 5) is 2.74. The molecule has 2 atom stereocenters.